The van der Waals surface area contributed by atoms with Crippen molar-refractivity contribution in [3.05, 3.63) is 27.5 Å². The maximum atomic E-state index is 12.0. The van der Waals surface area contributed by atoms with Crippen molar-refractivity contribution in [2.75, 3.05) is 17.7 Å². The lowest BCUT2D eigenvalue weighted by Gasteiger charge is -2.10. The normalized spacial score (nSPS) is 16.9. The molecule has 0 aromatic carbocycles. The Balaban J connectivity index is 1.59. The van der Waals surface area contributed by atoms with E-state index in [9.17, 15) is 9.59 Å². The Kier molecular flexibility index (Phi) is 5.34. The molecule has 24 heavy (non-hydrogen) atoms. The third-order valence-electron chi connectivity index (χ3n) is 3.50. The van der Waals surface area contributed by atoms with Crippen LogP contribution >= 0.6 is 23.1 Å². The molecule has 2 aromatic rings. The van der Waals surface area contributed by atoms with Gasteiger partial charge in [0.05, 0.1) is 24.0 Å². The SMILES string of the molecule is N#Cc1ccsc1NC(=O)CSc1n[nH]c(=O)n1C[C@@H]1CCCO1. The predicted molar refractivity (Wildman–Crippen MR) is 90.2 cm³/mol. The highest BCUT2D eigenvalue weighted by Gasteiger charge is 2.20. The van der Waals surface area contributed by atoms with Crippen LogP contribution in [0.15, 0.2) is 21.4 Å². The van der Waals surface area contributed by atoms with E-state index in [2.05, 4.69) is 15.5 Å². The second kappa shape index (κ2) is 7.65. The van der Waals surface area contributed by atoms with Crippen LogP contribution in [0.4, 0.5) is 5.00 Å². The van der Waals surface area contributed by atoms with Crippen molar-refractivity contribution < 1.29 is 9.53 Å². The number of aromatic amines is 1. The van der Waals surface area contributed by atoms with Crippen LogP contribution in [0.25, 0.3) is 0 Å². The first-order valence-corrected chi connectivity index (χ1v) is 9.21. The first-order valence-electron chi connectivity index (χ1n) is 7.34. The number of hydrogen-bond acceptors (Lipinski definition) is 7. The summed E-state index contributed by atoms with van der Waals surface area (Å²) in [5.41, 5.74) is 0.131. The number of H-pyrrole nitrogens is 1. The molecule has 0 unspecified atom stereocenters. The number of carbonyl (C=O) groups excluding carboxylic acids is 1. The molecule has 126 valence electrons. The summed E-state index contributed by atoms with van der Waals surface area (Å²) in [5, 5.41) is 20.7. The molecule has 0 saturated carbocycles. The average Bonchev–Trinajstić information content (AvgIpc) is 3.30. The Morgan fingerprint density at radius 2 is 2.54 bits per heavy atom. The third-order valence-corrected chi connectivity index (χ3v) is 5.31. The summed E-state index contributed by atoms with van der Waals surface area (Å²) < 4.78 is 7.04. The van der Waals surface area contributed by atoms with Gasteiger partial charge in [-0.15, -0.1) is 16.4 Å². The monoisotopic (exact) mass is 365 g/mol. The minimum Gasteiger partial charge on any atom is -0.376 e. The summed E-state index contributed by atoms with van der Waals surface area (Å²) in [5.74, 6) is -0.156. The molecule has 8 nitrogen and oxygen atoms in total. The number of amides is 1. The fourth-order valence-corrected chi connectivity index (χ4v) is 3.86. The highest BCUT2D eigenvalue weighted by molar-refractivity contribution is 7.99. The molecular formula is C14H15N5O3S2. The van der Waals surface area contributed by atoms with Crippen molar-refractivity contribution in [2.24, 2.45) is 0 Å². The van der Waals surface area contributed by atoms with Gasteiger partial charge in [-0.2, -0.15) is 5.26 Å². The van der Waals surface area contributed by atoms with E-state index >= 15 is 0 Å². The predicted octanol–water partition coefficient (Wildman–Crippen LogP) is 1.41. The van der Waals surface area contributed by atoms with E-state index in [4.69, 9.17) is 10.00 Å². The second-order valence-corrected chi connectivity index (χ2v) is 7.03. The van der Waals surface area contributed by atoms with Crippen molar-refractivity contribution >= 4 is 34.0 Å². The minimum atomic E-state index is -0.307. The molecule has 1 amide bonds. The number of thioether (sulfide) groups is 1. The maximum absolute atomic E-state index is 12.0. The van der Waals surface area contributed by atoms with Crippen LogP contribution in [0.5, 0.6) is 0 Å². The van der Waals surface area contributed by atoms with Crippen LogP contribution in [-0.2, 0) is 16.1 Å². The number of carbonyl (C=O) groups is 1. The summed E-state index contributed by atoms with van der Waals surface area (Å²) in [6, 6.07) is 3.67. The number of nitriles is 1. The Hall–Kier alpha value is -2.09. The molecule has 10 heteroatoms. The smallest absolute Gasteiger partial charge is 0.344 e. The van der Waals surface area contributed by atoms with E-state index < -0.39 is 0 Å². The van der Waals surface area contributed by atoms with Gasteiger partial charge in [0.15, 0.2) is 5.16 Å². The number of ether oxygens (including phenoxy) is 1. The van der Waals surface area contributed by atoms with Crippen molar-refractivity contribution in [3.8, 4) is 6.07 Å². The lowest BCUT2D eigenvalue weighted by atomic mass is 10.2. The molecule has 1 aliphatic heterocycles. The molecule has 1 aliphatic rings. The number of nitrogens with one attached hydrogen (secondary N) is 2. The van der Waals surface area contributed by atoms with Gasteiger partial charge in [0, 0.05) is 6.61 Å². The summed E-state index contributed by atoms with van der Waals surface area (Å²) >= 11 is 2.46. The molecule has 0 bridgehead atoms. The number of nitrogens with zero attached hydrogens (tertiary/aromatic N) is 3. The standard InChI is InChI=1S/C14H15N5O3S2/c15-6-9-3-5-23-12(9)16-11(20)8-24-14-18-17-13(21)19(14)7-10-2-1-4-22-10/h3,5,10H,1-2,4,7-8H2,(H,16,20)(H,17,21)/t10-/m0/s1. The van der Waals surface area contributed by atoms with Gasteiger partial charge in [-0.25, -0.2) is 9.89 Å². The largest absolute Gasteiger partial charge is 0.376 e. The molecule has 3 rings (SSSR count). The summed E-state index contributed by atoms with van der Waals surface area (Å²) in [4.78, 5) is 23.9. The number of anilines is 1. The highest BCUT2D eigenvalue weighted by Crippen LogP contribution is 2.23. The van der Waals surface area contributed by atoms with Crippen molar-refractivity contribution in [1.82, 2.24) is 14.8 Å². The average molecular weight is 365 g/mol. The van der Waals surface area contributed by atoms with Crippen LogP contribution in [0.1, 0.15) is 18.4 Å². The molecular weight excluding hydrogens is 350 g/mol. The van der Waals surface area contributed by atoms with Crippen LogP contribution in [0, 0.1) is 11.3 Å². The first-order chi connectivity index (χ1) is 11.7. The van der Waals surface area contributed by atoms with Crippen LogP contribution in [0.2, 0.25) is 0 Å². The molecule has 0 aliphatic carbocycles. The third kappa shape index (κ3) is 3.87. The molecule has 1 saturated heterocycles. The zero-order valence-corrected chi connectivity index (χ0v) is 14.3. The summed E-state index contributed by atoms with van der Waals surface area (Å²) in [6.45, 7) is 1.15. The number of rotatable bonds is 6. The van der Waals surface area contributed by atoms with Gasteiger partial charge in [0.25, 0.3) is 0 Å². The van der Waals surface area contributed by atoms with E-state index in [1.165, 1.54) is 27.7 Å². The van der Waals surface area contributed by atoms with E-state index in [1.807, 2.05) is 6.07 Å². The Morgan fingerprint density at radius 3 is 3.29 bits per heavy atom. The van der Waals surface area contributed by atoms with Gasteiger partial charge in [-0.1, -0.05) is 11.8 Å². The molecule has 2 N–H and O–H groups in total. The molecule has 0 radical (unpaired) electrons. The zero-order chi connectivity index (χ0) is 16.9. The van der Waals surface area contributed by atoms with E-state index in [0.29, 0.717) is 28.9 Å². The van der Waals surface area contributed by atoms with Gasteiger partial charge >= 0.3 is 5.69 Å². The second-order valence-electron chi connectivity index (χ2n) is 5.17. The molecule has 3 heterocycles. The van der Waals surface area contributed by atoms with Crippen LogP contribution in [-0.4, -0.2) is 39.1 Å². The van der Waals surface area contributed by atoms with Crippen molar-refractivity contribution in [1.29, 1.82) is 5.26 Å². The lowest BCUT2D eigenvalue weighted by molar-refractivity contribution is -0.113. The fraction of sp³-hybridized carbons (Fsp3) is 0.429. The van der Waals surface area contributed by atoms with Crippen molar-refractivity contribution in [2.45, 2.75) is 30.6 Å². The minimum absolute atomic E-state index is 0.0118. The summed E-state index contributed by atoms with van der Waals surface area (Å²) in [6.07, 6.45) is 1.92. The van der Waals surface area contributed by atoms with Gasteiger partial charge in [-0.05, 0) is 24.3 Å². The number of thiophene rings is 1. The van der Waals surface area contributed by atoms with E-state index in [-0.39, 0.29) is 23.5 Å². The van der Waals surface area contributed by atoms with Gasteiger partial charge in [0.1, 0.15) is 11.1 Å². The van der Waals surface area contributed by atoms with Gasteiger partial charge in [-0.3, -0.25) is 9.36 Å². The summed E-state index contributed by atoms with van der Waals surface area (Å²) in [7, 11) is 0. The molecule has 1 atom stereocenters. The van der Waals surface area contributed by atoms with Crippen LogP contribution < -0.4 is 11.0 Å². The number of aromatic nitrogens is 3. The lowest BCUT2D eigenvalue weighted by Crippen LogP contribution is -2.25. The van der Waals surface area contributed by atoms with Crippen LogP contribution in [0.3, 0.4) is 0 Å². The zero-order valence-electron chi connectivity index (χ0n) is 12.7. The number of hydrogen-bond donors (Lipinski definition) is 2. The maximum Gasteiger partial charge on any atom is 0.344 e. The van der Waals surface area contributed by atoms with Gasteiger partial charge in [0.2, 0.25) is 5.91 Å². The Morgan fingerprint density at radius 1 is 1.67 bits per heavy atom. The fourth-order valence-electron chi connectivity index (χ4n) is 2.35. The molecule has 0 spiro atoms. The van der Waals surface area contributed by atoms with Gasteiger partial charge < -0.3 is 10.1 Å². The topological polar surface area (TPSA) is 113 Å². The quantitative estimate of drug-likeness (QED) is 0.749. The van der Waals surface area contributed by atoms with Crippen molar-refractivity contribution in [3.63, 3.8) is 0 Å². The van der Waals surface area contributed by atoms with E-state index in [0.717, 1.165) is 12.8 Å². The molecule has 1 fully saturated rings. The molecule has 2 aromatic heterocycles. The highest BCUT2D eigenvalue weighted by atomic mass is 32.2. The van der Waals surface area contributed by atoms with E-state index in [1.54, 1.807) is 11.4 Å². The Labute approximate surface area is 145 Å². The Bertz CT molecular complexity index is 813. The first kappa shape index (κ1) is 16.8.